The van der Waals surface area contributed by atoms with Crippen LogP contribution in [0.25, 0.3) is 0 Å². The fraction of sp³-hybridized carbons (Fsp3) is 0.417. The number of amides is 1. The highest BCUT2D eigenvalue weighted by Gasteiger charge is 2.15. The van der Waals surface area contributed by atoms with Crippen LogP contribution in [0.4, 0.5) is 0 Å². The minimum Gasteiger partial charge on any atom is -0.507 e. The molecular weight excluding hydrogens is 226 g/mol. The molecule has 0 aromatic heterocycles. The topological polar surface area (TPSA) is 49.3 Å². The molecule has 1 unspecified atom stereocenters. The van der Waals surface area contributed by atoms with Gasteiger partial charge in [0, 0.05) is 11.1 Å². The van der Waals surface area contributed by atoms with Crippen LogP contribution in [-0.2, 0) is 0 Å². The lowest BCUT2D eigenvalue weighted by atomic mass is 10.1. The molecule has 1 amide bonds. The van der Waals surface area contributed by atoms with Gasteiger partial charge in [0.1, 0.15) is 5.75 Å². The quantitative estimate of drug-likeness (QED) is 0.855. The Balaban J connectivity index is 2.81. The van der Waals surface area contributed by atoms with E-state index in [1.165, 1.54) is 12.1 Å². The van der Waals surface area contributed by atoms with E-state index in [0.29, 0.717) is 10.9 Å². The summed E-state index contributed by atoms with van der Waals surface area (Å²) in [6, 6.07) is 4.51. The molecular formula is C12H16ClNO2. The summed E-state index contributed by atoms with van der Waals surface area (Å²) < 4.78 is 0. The zero-order chi connectivity index (χ0) is 12.3. The predicted molar refractivity (Wildman–Crippen MR) is 64.9 cm³/mol. The van der Waals surface area contributed by atoms with Gasteiger partial charge < -0.3 is 10.4 Å². The van der Waals surface area contributed by atoms with E-state index in [1.807, 2.05) is 20.8 Å². The Morgan fingerprint density at radius 2 is 2.00 bits per heavy atom. The first-order valence-electron chi connectivity index (χ1n) is 5.21. The van der Waals surface area contributed by atoms with Gasteiger partial charge in [0.05, 0.1) is 5.56 Å². The highest BCUT2D eigenvalue weighted by Crippen LogP contribution is 2.21. The molecule has 0 radical (unpaired) electrons. The molecule has 88 valence electrons. The van der Waals surface area contributed by atoms with Crippen molar-refractivity contribution in [1.29, 1.82) is 0 Å². The zero-order valence-electron chi connectivity index (χ0n) is 9.62. The largest absolute Gasteiger partial charge is 0.507 e. The number of aromatic hydroxyl groups is 1. The number of benzene rings is 1. The van der Waals surface area contributed by atoms with Crippen molar-refractivity contribution in [2.45, 2.75) is 26.8 Å². The molecule has 0 aliphatic rings. The summed E-state index contributed by atoms with van der Waals surface area (Å²) in [5.74, 6) is -0.0327. The van der Waals surface area contributed by atoms with E-state index in [-0.39, 0.29) is 23.3 Å². The first-order valence-corrected chi connectivity index (χ1v) is 5.59. The molecule has 16 heavy (non-hydrogen) atoms. The van der Waals surface area contributed by atoms with E-state index in [0.717, 1.165) is 0 Å². The van der Waals surface area contributed by atoms with E-state index < -0.39 is 0 Å². The molecule has 4 heteroatoms. The van der Waals surface area contributed by atoms with E-state index in [9.17, 15) is 9.90 Å². The molecule has 2 N–H and O–H groups in total. The van der Waals surface area contributed by atoms with Gasteiger partial charge in [-0.15, -0.1) is 0 Å². The summed E-state index contributed by atoms with van der Waals surface area (Å²) in [5.41, 5.74) is 0.247. The molecule has 0 fully saturated rings. The van der Waals surface area contributed by atoms with Gasteiger partial charge in [-0.2, -0.15) is 0 Å². The van der Waals surface area contributed by atoms with Crippen molar-refractivity contribution in [2.24, 2.45) is 5.92 Å². The number of hydrogen-bond acceptors (Lipinski definition) is 2. The molecule has 1 aromatic carbocycles. The number of carbonyl (C=O) groups is 1. The molecule has 1 rings (SSSR count). The third kappa shape index (κ3) is 3.14. The average molecular weight is 242 g/mol. The fourth-order valence-corrected chi connectivity index (χ4v) is 1.31. The summed E-state index contributed by atoms with van der Waals surface area (Å²) in [6.45, 7) is 5.97. The minimum atomic E-state index is -0.282. The first kappa shape index (κ1) is 12.8. The van der Waals surface area contributed by atoms with Crippen LogP contribution in [0.1, 0.15) is 31.1 Å². The normalized spacial score (nSPS) is 12.6. The smallest absolute Gasteiger partial charge is 0.255 e. The number of phenolic OH excluding ortho intramolecular Hbond substituents is 1. The van der Waals surface area contributed by atoms with Crippen LogP contribution in [0, 0.1) is 5.92 Å². The van der Waals surface area contributed by atoms with Crippen molar-refractivity contribution < 1.29 is 9.90 Å². The van der Waals surface area contributed by atoms with Crippen LogP contribution in [0.3, 0.4) is 0 Å². The van der Waals surface area contributed by atoms with E-state index in [2.05, 4.69) is 5.32 Å². The zero-order valence-corrected chi connectivity index (χ0v) is 10.4. The standard InChI is InChI=1S/C12H16ClNO2/c1-7(2)8(3)14-12(16)10-5-4-9(13)6-11(10)15/h4-8,15H,1-3H3,(H,14,16). The lowest BCUT2D eigenvalue weighted by Gasteiger charge is -2.17. The maximum absolute atomic E-state index is 11.8. The first-order chi connectivity index (χ1) is 7.41. The van der Waals surface area contributed by atoms with Crippen LogP contribution in [0.5, 0.6) is 5.75 Å². The summed E-state index contributed by atoms with van der Waals surface area (Å²) in [4.78, 5) is 11.8. The van der Waals surface area contributed by atoms with Gasteiger partial charge in [0.15, 0.2) is 0 Å². The Bertz CT molecular complexity index is 391. The summed E-state index contributed by atoms with van der Waals surface area (Å²) >= 11 is 5.69. The average Bonchev–Trinajstić information content (AvgIpc) is 2.16. The van der Waals surface area contributed by atoms with E-state index in [4.69, 9.17) is 11.6 Å². The minimum absolute atomic E-state index is 0.0579. The maximum atomic E-state index is 11.8. The van der Waals surface area contributed by atoms with Crippen molar-refractivity contribution in [1.82, 2.24) is 5.32 Å². The van der Waals surface area contributed by atoms with Gasteiger partial charge in [0.2, 0.25) is 0 Å². The Hall–Kier alpha value is -1.22. The van der Waals surface area contributed by atoms with Gasteiger partial charge >= 0.3 is 0 Å². The molecule has 0 bridgehead atoms. The van der Waals surface area contributed by atoms with Gasteiger partial charge in [-0.25, -0.2) is 0 Å². The van der Waals surface area contributed by atoms with Gasteiger partial charge in [0.25, 0.3) is 5.91 Å². The van der Waals surface area contributed by atoms with Gasteiger partial charge in [-0.1, -0.05) is 25.4 Å². The lowest BCUT2D eigenvalue weighted by Crippen LogP contribution is -2.36. The number of nitrogens with one attached hydrogen (secondary N) is 1. The highest BCUT2D eigenvalue weighted by molar-refractivity contribution is 6.30. The third-order valence-corrected chi connectivity index (χ3v) is 2.80. The second-order valence-electron chi connectivity index (χ2n) is 4.17. The fourth-order valence-electron chi connectivity index (χ4n) is 1.15. The molecule has 0 saturated carbocycles. The third-order valence-electron chi connectivity index (χ3n) is 2.56. The van der Waals surface area contributed by atoms with Crippen molar-refractivity contribution in [3.05, 3.63) is 28.8 Å². The molecule has 0 spiro atoms. The summed E-state index contributed by atoms with van der Waals surface area (Å²) in [5, 5.41) is 12.8. The lowest BCUT2D eigenvalue weighted by molar-refractivity contribution is 0.0928. The molecule has 1 aromatic rings. The van der Waals surface area contributed by atoms with Crippen molar-refractivity contribution in [3.63, 3.8) is 0 Å². The van der Waals surface area contributed by atoms with Crippen LogP contribution in [-0.4, -0.2) is 17.1 Å². The predicted octanol–water partition coefficient (Wildman–Crippen LogP) is 2.82. The van der Waals surface area contributed by atoms with Crippen LogP contribution >= 0.6 is 11.6 Å². The van der Waals surface area contributed by atoms with Crippen LogP contribution in [0.15, 0.2) is 18.2 Å². The number of halogens is 1. The second kappa shape index (κ2) is 5.21. The number of phenols is 1. The van der Waals surface area contributed by atoms with Crippen molar-refractivity contribution in [3.8, 4) is 5.75 Å². The Kier molecular flexibility index (Phi) is 4.19. The monoisotopic (exact) mass is 241 g/mol. The van der Waals surface area contributed by atoms with Crippen molar-refractivity contribution in [2.75, 3.05) is 0 Å². The van der Waals surface area contributed by atoms with Crippen LogP contribution < -0.4 is 5.32 Å². The number of rotatable bonds is 3. The summed E-state index contributed by atoms with van der Waals surface area (Å²) in [6.07, 6.45) is 0. The number of hydrogen-bond donors (Lipinski definition) is 2. The SMILES string of the molecule is CC(C)C(C)NC(=O)c1ccc(Cl)cc1O. The Morgan fingerprint density at radius 1 is 1.38 bits per heavy atom. The molecule has 1 atom stereocenters. The van der Waals surface area contributed by atoms with E-state index in [1.54, 1.807) is 6.07 Å². The molecule has 0 saturated heterocycles. The second-order valence-corrected chi connectivity index (χ2v) is 4.60. The van der Waals surface area contributed by atoms with E-state index >= 15 is 0 Å². The summed E-state index contributed by atoms with van der Waals surface area (Å²) in [7, 11) is 0. The highest BCUT2D eigenvalue weighted by atomic mass is 35.5. The molecule has 3 nitrogen and oxygen atoms in total. The van der Waals surface area contributed by atoms with Gasteiger partial charge in [-0.05, 0) is 31.0 Å². The maximum Gasteiger partial charge on any atom is 0.255 e. The number of carbonyl (C=O) groups excluding carboxylic acids is 1. The Morgan fingerprint density at radius 3 is 2.50 bits per heavy atom. The van der Waals surface area contributed by atoms with Gasteiger partial charge in [-0.3, -0.25) is 4.79 Å². The van der Waals surface area contributed by atoms with Crippen molar-refractivity contribution >= 4 is 17.5 Å². The Labute approximate surface area is 100 Å². The molecule has 0 aliphatic heterocycles. The molecule has 0 heterocycles. The van der Waals surface area contributed by atoms with Crippen LogP contribution in [0.2, 0.25) is 5.02 Å². The molecule has 0 aliphatic carbocycles.